The van der Waals surface area contributed by atoms with Gasteiger partial charge in [-0.2, -0.15) is 0 Å². The molecule has 334 valence electrons. The molecule has 0 bridgehead atoms. The van der Waals surface area contributed by atoms with Crippen molar-refractivity contribution in [1.82, 2.24) is 5.32 Å². The molecule has 9 heteroatoms. The van der Waals surface area contributed by atoms with Gasteiger partial charge >= 0.3 is 7.82 Å². The van der Waals surface area contributed by atoms with E-state index in [2.05, 4.69) is 92.1 Å². The maximum atomic E-state index is 12.8. The van der Waals surface area contributed by atoms with E-state index in [1.54, 1.807) is 6.08 Å². The molecule has 0 radical (unpaired) electrons. The van der Waals surface area contributed by atoms with Crippen LogP contribution in [0.15, 0.2) is 85.1 Å². The van der Waals surface area contributed by atoms with Gasteiger partial charge in [-0.25, -0.2) is 4.57 Å². The first-order valence-electron chi connectivity index (χ1n) is 23.2. The average Bonchev–Trinajstić information content (AvgIpc) is 3.21. The van der Waals surface area contributed by atoms with Crippen molar-refractivity contribution in [3.05, 3.63) is 85.1 Å². The molecule has 8 nitrogen and oxygen atoms in total. The number of nitrogens with two attached hydrogens (primary N) is 1. The molecule has 0 heterocycles. The highest BCUT2D eigenvalue weighted by molar-refractivity contribution is 7.47. The van der Waals surface area contributed by atoms with Crippen molar-refractivity contribution in [2.45, 2.75) is 199 Å². The van der Waals surface area contributed by atoms with Crippen LogP contribution in [0.1, 0.15) is 187 Å². The highest BCUT2D eigenvalue weighted by Crippen LogP contribution is 2.43. The van der Waals surface area contributed by atoms with Crippen molar-refractivity contribution >= 4 is 13.7 Å². The first-order valence-corrected chi connectivity index (χ1v) is 24.7. The highest BCUT2D eigenvalue weighted by Gasteiger charge is 2.26. The second-order valence-corrected chi connectivity index (χ2v) is 16.7. The van der Waals surface area contributed by atoms with Crippen LogP contribution in [0.2, 0.25) is 0 Å². The number of amides is 1. The lowest BCUT2D eigenvalue weighted by Gasteiger charge is -2.23. The zero-order valence-corrected chi connectivity index (χ0v) is 37.9. The Balaban J connectivity index is 4.29. The summed E-state index contributed by atoms with van der Waals surface area (Å²) in [5.41, 5.74) is 5.38. The number of carbonyl (C=O) groups is 1. The van der Waals surface area contributed by atoms with E-state index in [0.717, 1.165) is 89.9 Å². The van der Waals surface area contributed by atoms with Crippen molar-refractivity contribution in [3.8, 4) is 0 Å². The number of aliphatic hydroxyl groups is 1. The first kappa shape index (κ1) is 55.7. The third-order valence-corrected chi connectivity index (χ3v) is 10.7. The zero-order valence-electron chi connectivity index (χ0n) is 37.0. The van der Waals surface area contributed by atoms with Crippen LogP contribution in [0.4, 0.5) is 0 Å². The van der Waals surface area contributed by atoms with E-state index in [4.69, 9.17) is 14.8 Å². The van der Waals surface area contributed by atoms with Gasteiger partial charge in [-0.15, -0.1) is 0 Å². The van der Waals surface area contributed by atoms with Crippen LogP contribution in [0, 0.1) is 0 Å². The fourth-order valence-electron chi connectivity index (χ4n) is 6.23. The number of allylic oxidation sites excluding steroid dienone is 13. The molecular formula is C49H87N2O6P. The molecule has 0 rings (SSSR count). The normalized spacial score (nSPS) is 14.8. The molecule has 3 unspecified atom stereocenters. The Bertz CT molecular complexity index is 1180. The Morgan fingerprint density at radius 1 is 0.586 bits per heavy atom. The number of phosphoric acid groups is 1. The Morgan fingerprint density at radius 2 is 1.02 bits per heavy atom. The van der Waals surface area contributed by atoms with Crippen LogP contribution in [0.25, 0.3) is 0 Å². The molecular weight excluding hydrogens is 744 g/mol. The number of nitrogens with one attached hydrogen (secondary N) is 1. The quantitative estimate of drug-likeness (QED) is 0.0274. The van der Waals surface area contributed by atoms with E-state index in [0.29, 0.717) is 6.42 Å². The van der Waals surface area contributed by atoms with Gasteiger partial charge in [0.05, 0.1) is 25.4 Å². The van der Waals surface area contributed by atoms with Gasteiger partial charge in [-0.3, -0.25) is 13.8 Å². The minimum absolute atomic E-state index is 0.0661. The average molecular weight is 831 g/mol. The third kappa shape index (κ3) is 41.8. The van der Waals surface area contributed by atoms with Crippen molar-refractivity contribution in [3.63, 3.8) is 0 Å². The van der Waals surface area contributed by atoms with Crippen LogP contribution in [0.3, 0.4) is 0 Å². The summed E-state index contributed by atoms with van der Waals surface area (Å²) in [5, 5.41) is 13.7. The maximum Gasteiger partial charge on any atom is 0.472 e. The lowest BCUT2D eigenvalue weighted by molar-refractivity contribution is -0.123. The highest BCUT2D eigenvalue weighted by atomic mass is 31.2. The van der Waals surface area contributed by atoms with Crippen molar-refractivity contribution < 1.29 is 28.4 Å². The lowest BCUT2D eigenvalue weighted by atomic mass is 10.0. The Kier molecular flexibility index (Phi) is 42.5. The van der Waals surface area contributed by atoms with E-state index in [1.807, 2.05) is 6.08 Å². The topological polar surface area (TPSA) is 131 Å². The molecule has 0 saturated heterocycles. The number of hydrogen-bond donors (Lipinski definition) is 4. The molecule has 1 amide bonds. The van der Waals surface area contributed by atoms with Crippen LogP contribution in [-0.4, -0.2) is 47.8 Å². The molecule has 0 saturated carbocycles. The van der Waals surface area contributed by atoms with Crippen LogP contribution < -0.4 is 11.1 Å². The summed E-state index contributed by atoms with van der Waals surface area (Å²) in [5.74, 6) is -0.226. The maximum absolute atomic E-state index is 12.8. The molecule has 0 aliphatic heterocycles. The largest absolute Gasteiger partial charge is 0.472 e. The van der Waals surface area contributed by atoms with Gasteiger partial charge in [-0.1, -0.05) is 189 Å². The van der Waals surface area contributed by atoms with Crippen molar-refractivity contribution in [1.29, 1.82) is 0 Å². The summed E-state index contributed by atoms with van der Waals surface area (Å²) in [6, 6.07) is -0.893. The molecule has 0 aliphatic rings. The Labute approximate surface area is 356 Å². The molecule has 0 aromatic carbocycles. The number of rotatable bonds is 42. The van der Waals surface area contributed by atoms with E-state index >= 15 is 0 Å². The standard InChI is InChI=1S/C49H87N2O6P/c1-3-5-7-9-11-13-15-17-19-21-23-24-25-27-29-31-33-35-37-39-41-43-49(53)51-47(46-57-58(54,55)56-45-44-50)48(52)42-40-38-36-34-32-30-28-26-22-20-18-16-14-12-10-8-6-4-2/h5,7,11,13,17,19,23-24,27,29,32,34,40,42,47-48,52H,3-4,6,8-10,12,14-16,18,20-22,25-26,28,30-31,33,35-39,41,43-46,50H2,1-2H3,(H,51,53)(H,54,55)/b7-5-,13-11-,19-17-,24-23-,29-27-,34-32+,42-40+. The fraction of sp³-hybridized carbons (Fsp3) is 0.694. The minimum Gasteiger partial charge on any atom is -0.387 e. The summed E-state index contributed by atoms with van der Waals surface area (Å²) < 4.78 is 22.1. The second-order valence-electron chi connectivity index (χ2n) is 15.2. The molecule has 0 aromatic rings. The van der Waals surface area contributed by atoms with E-state index in [-0.39, 0.29) is 25.7 Å². The smallest absolute Gasteiger partial charge is 0.387 e. The predicted molar refractivity (Wildman–Crippen MR) is 249 cm³/mol. The zero-order chi connectivity index (χ0) is 42.5. The van der Waals surface area contributed by atoms with Gasteiger partial charge in [0.25, 0.3) is 0 Å². The molecule has 0 aromatic heterocycles. The molecule has 5 N–H and O–H groups in total. The number of unbranched alkanes of at least 4 members (excludes halogenated alkanes) is 18. The molecule has 0 aliphatic carbocycles. The van der Waals surface area contributed by atoms with Gasteiger partial charge in [0.2, 0.25) is 5.91 Å². The lowest BCUT2D eigenvalue weighted by Crippen LogP contribution is -2.45. The molecule has 0 fully saturated rings. The molecule has 0 spiro atoms. The van der Waals surface area contributed by atoms with Gasteiger partial charge < -0.3 is 21.1 Å². The summed E-state index contributed by atoms with van der Waals surface area (Å²) >= 11 is 0. The van der Waals surface area contributed by atoms with Gasteiger partial charge in [0, 0.05) is 13.0 Å². The fourth-order valence-corrected chi connectivity index (χ4v) is 6.99. The minimum atomic E-state index is -4.36. The van der Waals surface area contributed by atoms with Gasteiger partial charge in [-0.05, 0) is 77.0 Å². The van der Waals surface area contributed by atoms with Gasteiger partial charge in [0.15, 0.2) is 0 Å². The SMILES string of the molecule is CC/C=C\C/C=C\C/C=C\C/C=C\C/C=C\CCCCCCCC(=O)NC(COP(=O)(O)OCCN)C(O)/C=C/CC/C=C/CCCCCCCCCCCCCC. The van der Waals surface area contributed by atoms with Crippen LogP contribution in [-0.2, 0) is 18.4 Å². The van der Waals surface area contributed by atoms with E-state index in [1.165, 1.54) is 77.0 Å². The predicted octanol–water partition coefficient (Wildman–Crippen LogP) is 13.4. The molecule has 58 heavy (non-hydrogen) atoms. The summed E-state index contributed by atoms with van der Waals surface area (Å²) in [6.45, 7) is 3.98. The van der Waals surface area contributed by atoms with Gasteiger partial charge in [0.1, 0.15) is 0 Å². The number of hydrogen-bond acceptors (Lipinski definition) is 6. The number of aliphatic hydroxyl groups excluding tert-OH is 1. The summed E-state index contributed by atoms with van der Waals surface area (Å²) in [7, 11) is -4.36. The first-order chi connectivity index (χ1) is 28.4. The van der Waals surface area contributed by atoms with E-state index < -0.39 is 20.0 Å². The monoisotopic (exact) mass is 831 g/mol. The summed E-state index contributed by atoms with van der Waals surface area (Å²) in [6.07, 6.45) is 59.2. The van der Waals surface area contributed by atoms with Crippen molar-refractivity contribution in [2.24, 2.45) is 5.73 Å². The molecule has 3 atom stereocenters. The third-order valence-electron chi connectivity index (χ3n) is 9.70. The Hall–Kier alpha value is -2.32. The summed E-state index contributed by atoms with van der Waals surface area (Å²) in [4.78, 5) is 22.7. The van der Waals surface area contributed by atoms with Crippen molar-refractivity contribution in [2.75, 3.05) is 19.8 Å². The van der Waals surface area contributed by atoms with E-state index in [9.17, 15) is 19.4 Å². The second kappa shape index (κ2) is 44.2. The number of carbonyl (C=O) groups excluding carboxylic acids is 1. The Morgan fingerprint density at radius 3 is 1.53 bits per heavy atom. The van der Waals surface area contributed by atoms with Crippen LogP contribution in [0.5, 0.6) is 0 Å². The van der Waals surface area contributed by atoms with Crippen LogP contribution >= 0.6 is 7.82 Å². The number of phosphoric ester groups is 1.